The lowest BCUT2D eigenvalue weighted by atomic mass is 10.2. The second-order valence-corrected chi connectivity index (χ2v) is 8.70. The van der Waals surface area contributed by atoms with E-state index < -0.39 is 0 Å². The third-order valence-corrected chi connectivity index (χ3v) is 6.04. The molecule has 2 aromatic carbocycles. The van der Waals surface area contributed by atoms with Crippen LogP contribution in [0.25, 0.3) is 0 Å². The molecule has 156 valence electrons. The van der Waals surface area contributed by atoms with Crippen molar-refractivity contribution in [3.05, 3.63) is 70.0 Å². The molecule has 1 aliphatic carbocycles. The standard InChI is InChI=1S/C21H20Cl2N4O2S/c22-15-5-3-4-14(10-15)11-24-20(28)13-30-21-26-25-19(27(21)16-8-9-16)12-29-18-7-2-1-6-17(18)23/h1-7,10,16H,8-9,11-13H2,(H,24,28). The van der Waals surface area contributed by atoms with Gasteiger partial charge in [-0.3, -0.25) is 9.36 Å². The van der Waals surface area contributed by atoms with Crippen molar-refractivity contribution < 1.29 is 9.53 Å². The number of carbonyl (C=O) groups is 1. The number of hydrogen-bond donors (Lipinski definition) is 1. The van der Waals surface area contributed by atoms with E-state index in [0.29, 0.717) is 28.4 Å². The van der Waals surface area contributed by atoms with Crippen molar-refractivity contribution >= 4 is 40.9 Å². The molecule has 0 bridgehead atoms. The molecule has 0 spiro atoms. The van der Waals surface area contributed by atoms with Gasteiger partial charge >= 0.3 is 0 Å². The van der Waals surface area contributed by atoms with Crippen LogP contribution in [0.15, 0.2) is 53.7 Å². The van der Waals surface area contributed by atoms with Crippen LogP contribution in [0.3, 0.4) is 0 Å². The highest BCUT2D eigenvalue weighted by Crippen LogP contribution is 2.39. The number of benzene rings is 2. The molecule has 1 fully saturated rings. The lowest BCUT2D eigenvalue weighted by Gasteiger charge is -2.11. The second kappa shape index (κ2) is 9.73. The van der Waals surface area contributed by atoms with Crippen LogP contribution < -0.4 is 10.1 Å². The van der Waals surface area contributed by atoms with Crippen LogP contribution in [-0.2, 0) is 17.9 Å². The monoisotopic (exact) mass is 462 g/mol. The van der Waals surface area contributed by atoms with Crippen LogP contribution in [0.5, 0.6) is 5.75 Å². The molecule has 1 heterocycles. The Morgan fingerprint density at radius 2 is 2.00 bits per heavy atom. The fourth-order valence-electron chi connectivity index (χ4n) is 2.94. The van der Waals surface area contributed by atoms with Crippen LogP contribution in [0.1, 0.15) is 30.3 Å². The molecule has 30 heavy (non-hydrogen) atoms. The Morgan fingerprint density at radius 1 is 1.17 bits per heavy atom. The first-order valence-corrected chi connectivity index (χ1v) is 11.3. The maximum Gasteiger partial charge on any atom is 0.230 e. The molecular weight excluding hydrogens is 443 g/mol. The number of thioether (sulfide) groups is 1. The molecule has 4 rings (SSSR count). The van der Waals surface area contributed by atoms with Gasteiger partial charge in [0.2, 0.25) is 5.91 Å². The Labute approximate surface area is 188 Å². The molecule has 1 aromatic heterocycles. The highest BCUT2D eigenvalue weighted by atomic mass is 35.5. The fourth-order valence-corrected chi connectivity index (χ4v) is 4.19. The van der Waals surface area contributed by atoms with Crippen molar-refractivity contribution in [3.63, 3.8) is 0 Å². The Hall–Kier alpha value is -2.22. The molecule has 0 saturated heterocycles. The lowest BCUT2D eigenvalue weighted by molar-refractivity contribution is -0.118. The number of hydrogen-bond acceptors (Lipinski definition) is 5. The van der Waals surface area contributed by atoms with Gasteiger partial charge in [0.1, 0.15) is 12.4 Å². The van der Waals surface area contributed by atoms with Crippen molar-refractivity contribution in [1.82, 2.24) is 20.1 Å². The summed E-state index contributed by atoms with van der Waals surface area (Å²) >= 11 is 13.5. The predicted molar refractivity (Wildman–Crippen MR) is 118 cm³/mol. The summed E-state index contributed by atoms with van der Waals surface area (Å²) in [6.07, 6.45) is 2.15. The van der Waals surface area contributed by atoms with Gasteiger partial charge in [-0.1, -0.05) is 59.2 Å². The van der Waals surface area contributed by atoms with Crippen molar-refractivity contribution in [1.29, 1.82) is 0 Å². The first-order valence-electron chi connectivity index (χ1n) is 9.55. The Kier molecular flexibility index (Phi) is 6.82. The molecule has 9 heteroatoms. The van der Waals surface area contributed by atoms with Gasteiger partial charge in [0, 0.05) is 17.6 Å². The average molecular weight is 463 g/mol. The zero-order valence-electron chi connectivity index (χ0n) is 16.1. The van der Waals surface area contributed by atoms with Crippen molar-refractivity contribution in [2.45, 2.75) is 37.2 Å². The highest BCUT2D eigenvalue weighted by Gasteiger charge is 2.30. The second-order valence-electron chi connectivity index (χ2n) is 6.91. The van der Waals surface area contributed by atoms with Crippen LogP contribution >= 0.6 is 35.0 Å². The van der Waals surface area contributed by atoms with E-state index in [0.717, 1.165) is 29.4 Å². The van der Waals surface area contributed by atoms with Gasteiger partial charge in [-0.25, -0.2) is 0 Å². The Morgan fingerprint density at radius 3 is 2.77 bits per heavy atom. The van der Waals surface area contributed by atoms with E-state index in [4.69, 9.17) is 27.9 Å². The largest absolute Gasteiger partial charge is 0.484 e. The average Bonchev–Trinajstić information content (AvgIpc) is 3.50. The number of para-hydroxylation sites is 1. The van der Waals surface area contributed by atoms with Crippen molar-refractivity contribution in [3.8, 4) is 5.75 Å². The van der Waals surface area contributed by atoms with Crippen LogP contribution in [0.2, 0.25) is 10.0 Å². The molecule has 1 aliphatic rings. The predicted octanol–water partition coefficient (Wildman–Crippen LogP) is 4.91. The van der Waals surface area contributed by atoms with E-state index in [1.807, 2.05) is 36.4 Å². The summed E-state index contributed by atoms with van der Waals surface area (Å²) in [6, 6.07) is 15.1. The number of amides is 1. The van der Waals surface area contributed by atoms with E-state index >= 15 is 0 Å². The molecule has 1 N–H and O–H groups in total. The quantitative estimate of drug-likeness (QED) is 0.457. The van der Waals surface area contributed by atoms with Crippen LogP contribution in [-0.4, -0.2) is 26.4 Å². The SMILES string of the molecule is O=C(CSc1nnc(COc2ccccc2Cl)n1C1CC1)NCc1cccc(Cl)c1. The maximum absolute atomic E-state index is 12.3. The van der Waals surface area contributed by atoms with Crippen LogP contribution in [0, 0.1) is 0 Å². The first-order chi connectivity index (χ1) is 14.6. The molecule has 6 nitrogen and oxygen atoms in total. The summed E-state index contributed by atoms with van der Waals surface area (Å²) in [6.45, 7) is 0.709. The molecule has 1 amide bonds. The summed E-state index contributed by atoms with van der Waals surface area (Å²) in [7, 11) is 0. The number of carbonyl (C=O) groups excluding carboxylic acids is 1. The highest BCUT2D eigenvalue weighted by molar-refractivity contribution is 7.99. The third kappa shape index (κ3) is 5.47. The van der Waals surface area contributed by atoms with E-state index in [9.17, 15) is 4.79 Å². The van der Waals surface area contributed by atoms with Gasteiger partial charge in [0.25, 0.3) is 0 Å². The minimum absolute atomic E-state index is 0.0702. The number of ether oxygens (including phenoxy) is 1. The van der Waals surface area contributed by atoms with E-state index in [1.54, 1.807) is 12.1 Å². The Bertz CT molecular complexity index is 1040. The number of aromatic nitrogens is 3. The van der Waals surface area contributed by atoms with Crippen molar-refractivity contribution in [2.24, 2.45) is 0 Å². The molecule has 3 aromatic rings. The summed E-state index contributed by atoms with van der Waals surface area (Å²) in [5, 5.41) is 13.4. The van der Waals surface area contributed by atoms with Crippen molar-refractivity contribution in [2.75, 3.05) is 5.75 Å². The zero-order chi connectivity index (χ0) is 20.9. The topological polar surface area (TPSA) is 69.0 Å². The molecule has 0 radical (unpaired) electrons. The minimum atomic E-state index is -0.0702. The molecule has 0 aliphatic heterocycles. The van der Waals surface area contributed by atoms with E-state index in [-0.39, 0.29) is 18.3 Å². The molecular formula is C21H20Cl2N4O2S. The van der Waals surface area contributed by atoms with Gasteiger partial charge in [-0.2, -0.15) is 0 Å². The summed E-state index contributed by atoms with van der Waals surface area (Å²) in [5.41, 5.74) is 0.959. The summed E-state index contributed by atoms with van der Waals surface area (Å²) < 4.78 is 7.90. The lowest BCUT2D eigenvalue weighted by Crippen LogP contribution is -2.24. The molecule has 0 unspecified atom stereocenters. The van der Waals surface area contributed by atoms with E-state index in [1.165, 1.54) is 11.8 Å². The summed E-state index contributed by atoms with van der Waals surface area (Å²) in [5.74, 6) is 1.54. The molecule has 0 atom stereocenters. The number of nitrogens with zero attached hydrogens (tertiary/aromatic N) is 3. The van der Waals surface area contributed by atoms with Crippen LogP contribution in [0.4, 0.5) is 0 Å². The van der Waals surface area contributed by atoms with Gasteiger partial charge in [0.05, 0.1) is 10.8 Å². The van der Waals surface area contributed by atoms with E-state index in [2.05, 4.69) is 20.1 Å². The first kappa shape index (κ1) is 21.0. The maximum atomic E-state index is 12.3. The van der Waals surface area contributed by atoms with Gasteiger partial charge in [-0.15, -0.1) is 10.2 Å². The zero-order valence-corrected chi connectivity index (χ0v) is 18.4. The smallest absolute Gasteiger partial charge is 0.230 e. The fraction of sp³-hybridized carbons (Fsp3) is 0.286. The number of halogens is 2. The normalized spacial score (nSPS) is 13.3. The van der Waals surface area contributed by atoms with Gasteiger partial charge in [-0.05, 0) is 42.7 Å². The Balaban J connectivity index is 1.34. The number of nitrogens with one attached hydrogen (secondary N) is 1. The molecule has 1 saturated carbocycles. The van der Waals surface area contributed by atoms with Gasteiger partial charge < -0.3 is 10.1 Å². The number of rotatable bonds is 9. The summed E-state index contributed by atoms with van der Waals surface area (Å²) in [4.78, 5) is 12.3. The van der Waals surface area contributed by atoms with Gasteiger partial charge in [0.15, 0.2) is 11.0 Å². The third-order valence-electron chi connectivity index (χ3n) is 4.55. The minimum Gasteiger partial charge on any atom is -0.484 e.